The second kappa shape index (κ2) is 6.81. The zero-order chi connectivity index (χ0) is 18.7. The third-order valence-electron chi connectivity index (χ3n) is 3.50. The van der Waals surface area contributed by atoms with Crippen molar-refractivity contribution in [2.75, 3.05) is 5.32 Å². The zero-order valence-electron chi connectivity index (χ0n) is 13.2. The fourth-order valence-electron chi connectivity index (χ4n) is 2.18. The molecule has 0 fully saturated rings. The van der Waals surface area contributed by atoms with Gasteiger partial charge in [0.1, 0.15) is 5.69 Å². The van der Waals surface area contributed by atoms with Gasteiger partial charge in [0.2, 0.25) is 0 Å². The minimum absolute atomic E-state index is 0.0141. The van der Waals surface area contributed by atoms with Crippen LogP contribution in [0.2, 0.25) is 0 Å². The van der Waals surface area contributed by atoms with E-state index >= 15 is 0 Å². The number of aromatic nitrogens is 2. The van der Waals surface area contributed by atoms with E-state index in [1.807, 2.05) is 0 Å². The van der Waals surface area contributed by atoms with E-state index in [1.54, 1.807) is 12.1 Å². The number of anilines is 1. The summed E-state index contributed by atoms with van der Waals surface area (Å²) in [7, 11) is -3.90. The van der Waals surface area contributed by atoms with E-state index in [-0.39, 0.29) is 21.8 Å². The van der Waals surface area contributed by atoms with Crippen molar-refractivity contribution in [3.63, 3.8) is 0 Å². The highest BCUT2D eigenvalue weighted by Gasteiger charge is 2.18. The van der Waals surface area contributed by atoms with Crippen LogP contribution in [-0.4, -0.2) is 34.4 Å². The molecule has 0 radical (unpaired) electrons. The van der Waals surface area contributed by atoms with Gasteiger partial charge in [-0.05, 0) is 42.5 Å². The van der Waals surface area contributed by atoms with Crippen LogP contribution in [0.5, 0.6) is 0 Å². The summed E-state index contributed by atoms with van der Waals surface area (Å²) in [6.45, 7) is 0. The first kappa shape index (κ1) is 17.4. The van der Waals surface area contributed by atoms with Crippen LogP contribution in [0.4, 0.5) is 5.69 Å². The van der Waals surface area contributed by atoms with Crippen molar-refractivity contribution in [1.82, 2.24) is 8.96 Å². The van der Waals surface area contributed by atoms with Gasteiger partial charge in [-0.3, -0.25) is 9.78 Å². The van der Waals surface area contributed by atoms with Crippen molar-refractivity contribution in [3.8, 4) is 0 Å². The molecular formula is C17H13N3O5S. The Balaban J connectivity index is 1.82. The lowest BCUT2D eigenvalue weighted by atomic mass is 10.2. The van der Waals surface area contributed by atoms with Gasteiger partial charge < -0.3 is 10.4 Å². The molecule has 0 atom stereocenters. The number of rotatable bonds is 5. The Bertz CT molecular complexity index is 1060. The van der Waals surface area contributed by atoms with Crippen LogP contribution in [0.25, 0.3) is 0 Å². The highest BCUT2D eigenvalue weighted by Crippen LogP contribution is 2.18. The zero-order valence-corrected chi connectivity index (χ0v) is 14.1. The van der Waals surface area contributed by atoms with Gasteiger partial charge in [-0.1, -0.05) is 6.07 Å². The lowest BCUT2D eigenvalue weighted by molar-refractivity contribution is 0.0696. The molecule has 1 amide bonds. The number of nitrogens with zero attached hydrogens (tertiary/aromatic N) is 2. The third-order valence-corrected chi connectivity index (χ3v) is 5.15. The first-order valence-corrected chi connectivity index (χ1v) is 8.81. The first-order valence-electron chi connectivity index (χ1n) is 7.37. The number of nitrogens with one attached hydrogen (secondary N) is 1. The van der Waals surface area contributed by atoms with Crippen LogP contribution in [-0.2, 0) is 10.0 Å². The largest absolute Gasteiger partial charge is 0.478 e. The molecule has 0 saturated carbocycles. The van der Waals surface area contributed by atoms with E-state index in [0.29, 0.717) is 0 Å². The summed E-state index contributed by atoms with van der Waals surface area (Å²) < 4.78 is 26.1. The fourth-order valence-corrected chi connectivity index (χ4v) is 3.38. The van der Waals surface area contributed by atoms with Crippen LogP contribution < -0.4 is 5.32 Å². The monoisotopic (exact) mass is 371 g/mol. The molecular weight excluding hydrogens is 358 g/mol. The van der Waals surface area contributed by atoms with Crippen molar-refractivity contribution < 1.29 is 23.1 Å². The second-order valence-electron chi connectivity index (χ2n) is 5.23. The van der Waals surface area contributed by atoms with Crippen LogP contribution >= 0.6 is 0 Å². The smallest absolute Gasteiger partial charge is 0.335 e. The molecule has 26 heavy (non-hydrogen) atoms. The van der Waals surface area contributed by atoms with Gasteiger partial charge in [0.15, 0.2) is 0 Å². The molecule has 0 bridgehead atoms. The summed E-state index contributed by atoms with van der Waals surface area (Å²) in [6, 6.07) is 11.2. The van der Waals surface area contributed by atoms with E-state index in [2.05, 4.69) is 10.3 Å². The summed E-state index contributed by atoms with van der Waals surface area (Å²) in [5, 5.41) is 11.4. The number of carbonyl (C=O) groups excluding carboxylic acids is 1. The first-order chi connectivity index (χ1) is 12.4. The summed E-state index contributed by atoms with van der Waals surface area (Å²) in [6.07, 6.45) is 4.01. The maximum Gasteiger partial charge on any atom is 0.335 e. The number of carboxylic acid groups (broad SMARTS) is 1. The number of benzene rings is 1. The van der Waals surface area contributed by atoms with Crippen molar-refractivity contribution >= 4 is 27.6 Å². The quantitative estimate of drug-likeness (QED) is 0.709. The summed E-state index contributed by atoms with van der Waals surface area (Å²) in [5.74, 6) is -1.61. The fraction of sp³-hybridized carbons (Fsp3) is 0. The number of aromatic carboxylic acids is 1. The molecule has 2 heterocycles. The average Bonchev–Trinajstić information content (AvgIpc) is 3.12. The van der Waals surface area contributed by atoms with Crippen LogP contribution in [0.15, 0.2) is 72.0 Å². The van der Waals surface area contributed by atoms with Gasteiger partial charge in [0.05, 0.1) is 16.1 Å². The topological polar surface area (TPSA) is 118 Å². The minimum Gasteiger partial charge on any atom is -0.478 e. The molecule has 2 aromatic heterocycles. The van der Waals surface area contributed by atoms with Gasteiger partial charge in [0.25, 0.3) is 15.9 Å². The standard InChI is InChI=1S/C17H13N3O5S/c21-16(15-3-1-2-9-18-15)19-13-8-10-20(11-13)26(24,25)14-6-4-12(5-7-14)17(22)23/h1-11H,(H,19,21)(H,22,23). The minimum atomic E-state index is -3.90. The van der Waals surface area contributed by atoms with E-state index in [9.17, 15) is 18.0 Å². The van der Waals surface area contributed by atoms with Crippen molar-refractivity contribution in [2.24, 2.45) is 0 Å². The maximum atomic E-state index is 12.6. The van der Waals surface area contributed by atoms with Gasteiger partial charge in [-0.2, -0.15) is 0 Å². The summed E-state index contributed by atoms with van der Waals surface area (Å²) >= 11 is 0. The molecule has 132 valence electrons. The number of hydrogen-bond acceptors (Lipinski definition) is 5. The van der Waals surface area contributed by atoms with Crippen LogP contribution in [0, 0.1) is 0 Å². The molecule has 0 spiro atoms. The Morgan fingerprint density at radius 1 is 1.04 bits per heavy atom. The van der Waals surface area contributed by atoms with E-state index in [0.717, 1.165) is 3.97 Å². The normalized spacial score (nSPS) is 11.1. The molecule has 0 unspecified atom stereocenters. The lowest BCUT2D eigenvalue weighted by Crippen LogP contribution is -2.14. The highest BCUT2D eigenvalue weighted by atomic mass is 32.2. The number of pyridine rings is 1. The second-order valence-corrected chi connectivity index (χ2v) is 7.08. The van der Waals surface area contributed by atoms with E-state index in [4.69, 9.17) is 5.11 Å². The van der Waals surface area contributed by atoms with Gasteiger partial charge in [0, 0.05) is 18.6 Å². The Hall–Kier alpha value is -3.46. The molecule has 9 heteroatoms. The van der Waals surface area contributed by atoms with Crippen LogP contribution in [0.1, 0.15) is 20.8 Å². The van der Waals surface area contributed by atoms with Gasteiger partial charge in [-0.25, -0.2) is 17.2 Å². The number of hydrogen-bond donors (Lipinski definition) is 2. The summed E-state index contributed by atoms with van der Waals surface area (Å²) in [5.41, 5.74) is 0.471. The maximum absolute atomic E-state index is 12.6. The van der Waals surface area contributed by atoms with Crippen molar-refractivity contribution in [3.05, 3.63) is 78.4 Å². The SMILES string of the molecule is O=C(O)c1ccc(S(=O)(=O)n2ccc(NC(=O)c3ccccn3)c2)cc1. The molecule has 8 nitrogen and oxygen atoms in total. The number of amides is 1. The third kappa shape index (κ3) is 3.47. The van der Waals surface area contributed by atoms with Crippen LogP contribution in [0.3, 0.4) is 0 Å². The molecule has 0 aliphatic heterocycles. The number of carboxylic acids is 1. The molecule has 2 N–H and O–H groups in total. The van der Waals surface area contributed by atoms with Crippen molar-refractivity contribution in [2.45, 2.75) is 4.90 Å². The molecule has 0 aliphatic carbocycles. The lowest BCUT2D eigenvalue weighted by Gasteiger charge is -2.06. The highest BCUT2D eigenvalue weighted by molar-refractivity contribution is 7.90. The summed E-state index contributed by atoms with van der Waals surface area (Å²) in [4.78, 5) is 26.8. The number of carbonyl (C=O) groups is 2. The molecule has 1 aromatic carbocycles. The Morgan fingerprint density at radius 3 is 2.38 bits per heavy atom. The molecule has 3 rings (SSSR count). The van der Waals surface area contributed by atoms with E-state index in [1.165, 1.54) is 55.0 Å². The Labute approximate surface area is 148 Å². The predicted octanol–water partition coefficient (Wildman–Crippen LogP) is 2.07. The Kier molecular flexibility index (Phi) is 4.55. The molecule has 0 aliphatic rings. The molecule has 3 aromatic rings. The average molecular weight is 371 g/mol. The molecule has 0 saturated heterocycles. The Morgan fingerprint density at radius 2 is 1.77 bits per heavy atom. The van der Waals surface area contributed by atoms with Crippen molar-refractivity contribution in [1.29, 1.82) is 0 Å². The van der Waals surface area contributed by atoms with Gasteiger partial charge >= 0.3 is 5.97 Å². The predicted molar refractivity (Wildman–Crippen MR) is 92.6 cm³/mol. The van der Waals surface area contributed by atoms with E-state index < -0.39 is 21.9 Å². The van der Waals surface area contributed by atoms with Gasteiger partial charge in [-0.15, -0.1) is 0 Å².